The molecular weight excluding hydrogens is 184 g/mol. The molecule has 1 aliphatic carbocycles. The third-order valence-electron chi connectivity index (χ3n) is 3.72. The molecule has 0 bridgehead atoms. The summed E-state index contributed by atoms with van der Waals surface area (Å²) in [5.41, 5.74) is 0. The molecule has 1 heterocycles. The maximum absolute atomic E-state index is 3.66. The topological polar surface area (TPSA) is 15.3 Å². The maximum Gasteiger partial charge on any atom is 0.0166 e. The monoisotopic (exact) mass is 210 g/mol. The van der Waals surface area contributed by atoms with Crippen LogP contribution in [0.15, 0.2) is 0 Å². The Morgan fingerprint density at radius 3 is 2.60 bits per heavy atom. The lowest BCUT2D eigenvalue weighted by Crippen LogP contribution is -2.41. The molecule has 1 unspecified atom stereocenters. The van der Waals surface area contributed by atoms with E-state index in [1.54, 1.807) is 0 Å². The van der Waals surface area contributed by atoms with E-state index in [2.05, 4.69) is 17.1 Å². The van der Waals surface area contributed by atoms with Gasteiger partial charge in [-0.1, -0.05) is 19.3 Å². The van der Waals surface area contributed by atoms with Gasteiger partial charge in [-0.3, -0.25) is 0 Å². The number of nitrogens with zero attached hydrogens (tertiary/aromatic N) is 1. The molecule has 0 aromatic heterocycles. The molecule has 1 aliphatic heterocycles. The molecule has 2 fully saturated rings. The van der Waals surface area contributed by atoms with Crippen LogP contribution in [-0.4, -0.2) is 37.1 Å². The fraction of sp³-hybridized carbons (Fsp3) is 1.00. The van der Waals surface area contributed by atoms with Gasteiger partial charge in [-0.2, -0.15) is 0 Å². The lowest BCUT2D eigenvalue weighted by molar-refractivity contribution is 0.209. The summed E-state index contributed by atoms with van der Waals surface area (Å²) in [6.45, 7) is 7.48. The van der Waals surface area contributed by atoms with Crippen LogP contribution in [0.5, 0.6) is 0 Å². The average molecular weight is 210 g/mol. The first-order valence-corrected chi connectivity index (χ1v) is 6.80. The van der Waals surface area contributed by atoms with E-state index < -0.39 is 0 Å². The summed E-state index contributed by atoms with van der Waals surface area (Å²) in [6.07, 6.45) is 8.65. The normalized spacial score (nSPS) is 25.4. The van der Waals surface area contributed by atoms with Crippen LogP contribution in [0, 0.1) is 5.92 Å². The van der Waals surface area contributed by atoms with Gasteiger partial charge in [-0.05, 0) is 51.7 Å². The average Bonchev–Trinajstić information content (AvgIpc) is 3.03. The van der Waals surface area contributed by atoms with Crippen molar-refractivity contribution in [2.75, 3.05) is 26.2 Å². The minimum absolute atomic E-state index is 0.682. The lowest BCUT2D eigenvalue weighted by atomic mass is 10.1. The Hall–Kier alpha value is -0.0800. The highest BCUT2D eigenvalue weighted by Gasteiger charge is 2.20. The predicted octanol–water partition coefficient (Wildman–Crippen LogP) is 2.25. The molecule has 1 N–H and O–H groups in total. The predicted molar refractivity (Wildman–Crippen MR) is 65.1 cm³/mol. The molecule has 15 heavy (non-hydrogen) atoms. The highest BCUT2D eigenvalue weighted by molar-refractivity contribution is 4.76. The van der Waals surface area contributed by atoms with Crippen molar-refractivity contribution in [3.8, 4) is 0 Å². The molecule has 2 nitrogen and oxygen atoms in total. The quantitative estimate of drug-likeness (QED) is 0.723. The molecule has 2 rings (SSSR count). The smallest absolute Gasteiger partial charge is 0.0166 e. The molecule has 88 valence electrons. The van der Waals surface area contributed by atoms with Gasteiger partial charge in [0.2, 0.25) is 0 Å². The van der Waals surface area contributed by atoms with Crippen LogP contribution in [0.25, 0.3) is 0 Å². The summed E-state index contributed by atoms with van der Waals surface area (Å²) < 4.78 is 0. The standard InChI is InChI=1S/C13H26N2/c1-12(14-8-7-13-5-6-13)11-15-9-3-2-4-10-15/h12-14H,2-11H2,1H3. The number of hydrogen-bond acceptors (Lipinski definition) is 2. The summed E-state index contributed by atoms with van der Waals surface area (Å²) in [4.78, 5) is 2.62. The molecule has 2 aliphatic rings. The Labute approximate surface area is 94.4 Å². The second-order valence-corrected chi connectivity index (χ2v) is 5.45. The fourth-order valence-electron chi connectivity index (χ4n) is 2.53. The summed E-state index contributed by atoms with van der Waals surface area (Å²) in [5.74, 6) is 1.07. The van der Waals surface area contributed by atoms with Crippen LogP contribution in [0.1, 0.15) is 45.4 Å². The Bertz CT molecular complexity index is 171. The van der Waals surface area contributed by atoms with E-state index in [9.17, 15) is 0 Å². The Morgan fingerprint density at radius 2 is 1.93 bits per heavy atom. The van der Waals surface area contributed by atoms with Crippen LogP contribution in [0.2, 0.25) is 0 Å². The zero-order valence-electron chi connectivity index (χ0n) is 10.2. The Kier molecular flexibility index (Phi) is 4.45. The zero-order valence-corrected chi connectivity index (χ0v) is 10.2. The minimum Gasteiger partial charge on any atom is -0.313 e. The largest absolute Gasteiger partial charge is 0.313 e. The van der Waals surface area contributed by atoms with Crippen LogP contribution in [0.3, 0.4) is 0 Å². The van der Waals surface area contributed by atoms with Crippen LogP contribution in [-0.2, 0) is 0 Å². The van der Waals surface area contributed by atoms with Crippen molar-refractivity contribution < 1.29 is 0 Å². The van der Waals surface area contributed by atoms with E-state index in [4.69, 9.17) is 0 Å². The first-order chi connectivity index (χ1) is 7.34. The SMILES string of the molecule is CC(CN1CCCCC1)NCCC1CC1. The van der Waals surface area contributed by atoms with Gasteiger partial charge in [0, 0.05) is 12.6 Å². The van der Waals surface area contributed by atoms with E-state index in [0.29, 0.717) is 6.04 Å². The number of rotatable bonds is 6. The Morgan fingerprint density at radius 1 is 1.20 bits per heavy atom. The van der Waals surface area contributed by atoms with E-state index >= 15 is 0 Å². The molecule has 0 aromatic carbocycles. The molecule has 0 amide bonds. The maximum atomic E-state index is 3.66. The van der Waals surface area contributed by atoms with Gasteiger partial charge in [0.25, 0.3) is 0 Å². The molecule has 2 heteroatoms. The lowest BCUT2D eigenvalue weighted by Gasteiger charge is -2.29. The molecule has 1 saturated carbocycles. The van der Waals surface area contributed by atoms with Crippen LogP contribution >= 0.6 is 0 Å². The van der Waals surface area contributed by atoms with Gasteiger partial charge in [0.1, 0.15) is 0 Å². The van der Waals surface area contributed by atoms with E-state index in [1.807, 2.05) is 0 Å². The van der Waals surface area contributed by atoms with Gasteiger partial charge in [-0.25, -0.2) is 0 Å². The zero-order chi connectivity index (χ0) is 10.5. The number of nitrogens with one attached hydrogen (secondary N) is 1. The van der Waals surface area contributed by atoms with Crippen molar-refractivity contribution >= 4 is 0 Å². The van der Waals surface area contributed by atoms with Gasteiger partial charge in [0.15, 0.2) is 0 Å². The van der Waals surface area contributed by atoms with Crippen molar-refractivity contribution in [1.82, 2.24) is 10.2 Å². The van der Waals surface area contributed by atoms with E-state index in [-0.39, 0.29) is 0 Å². The summed E-state index contributed by atoms with van der Waals surface area (Å²) >= 11 is 0. The number of hydrogen-bond donors (Lipinski definition) is 1. The van der Waals surface area contributed by atoms with E-state index in [0.717, 1.165) is 5.92 Å². The van der Waals surface area contributed by atoms with Crippen LogP contribution in [0.4, 0.5) is 0 Å². The second kappa shape index (κ2) is 5.86. The third kappa shape index (κ3) is 4.52. The van der Waals surface area contributed by atoms with Gasteiger partial charge >= 0.3 is 0 Å². The van der Waals surface area contributed by atoms with Crippen molar-refractivity contribution in [2.24, 2.45) is 5.92 Å². The molecule has 0 aromatic rings. The van der Waals surface area contributed by atoms with Gasteiger partial charge in [-0.15, -0.1) is 0 Å². The van der Waals surface area contributed by atoms with Crippen LogP contribution < -0.4 is 5.32 Å². The number of piperidine rings is 1. The van der Waals surface area contributed by atoms with Crippen molar-refractivity contribution in [2.45, 2.75) is 51.5 Å². The molecule has 1 atom stereocenters. The molecular formula is C13H26N2. The highest BCUT2D eigenvalue weighted by atomic mass is 15.1. The summed E-state index contributed by atoms with van der Waals surface area (Å²) in [5, 5.41) is 3.66. The minimum atomic E-state index is 0.682. The van der Waals surface area contributed by atoms with Crippen molar-refractivity contribution in [1.29, 1.82) is 0 Å². The second-order valence-electron chi connectivity index (χ2n) is 5.45. The summed E-state index contributed by atoms with van der Waals surface area (Å²) in [6, 6.07) is 0.682. The highest BCUT2D eigenvalue weighted by Crippen LogP contribution is 2.31. The molecule has 1 saturated heterocycles. The summed E-state index contributed by atoms with van der Waals surface area (Å²) in [7, 11) is 0. The molecule has 0 radical (unpaired) electrons. The number of likely N-dealkylation sites (tertiary alicyclic amines) is 1. The Balaban J connectivity index is 1.51. The third-order valence-corrected chi connectivity index (χ3v) is 3.72. The first kappa shape index (κ1) is 11.4. The van der Waals surface area contributed by atoms with Gasteiger partial charge < -0.3 is 10.2 Å². The van der Waals surface area contributed by atoms with E-state index in [1.165, 1.54) is 64.7 Å². The fourth-order valence-corrected chi connectivity index (χ4v) is 2.53. The molecule has 0 spiro atoms. The van der Waals surface area contributed by atoms with Crippen molar-refractivity contribution in [3.05, 3.63) is 0 Å². The first-order valence-electron chi connectivity index (χ1n) is 6.80. The van der Waals surface area contributed by atoms with Crippen molar-refractivity contribution in [3.63, 3.8) is 0 Å². The van der Waals surface area contributed by atoms with Gasteiger partial charge in [0.05, 0.1) is 0 Å².